The summed E-state index contributed by atoms with van der Waals surface area (Å²) in [6.07, 6.45) is -4.31. The predicted molar refractivity (Wildman–Crippen MR) is 105 cm³/mol. The molecule has 0 N–H and O–H groups in total. The molecule has 2 rings (SSSR count). The highest BCUT2D eigenvalue weighted by Gasteiger charge is 2.46. The van der Waals surface area contributed by atoms with Crippen LogP contribution in [0.3, 0.4) is 0 Å². The minimum Gasteiger partial charge on any atom is -0.462 e. The van der Waals surface area contributed by atoms with Crippen molar-refractivity contribution in [3.05, 3.63) is 57.8 Å². The molecule has 1 aromatic carbocycles. The summed E-state index contributed by atoms with van der Waals surface area (Å²) in [5.41, 5.74) is -1.30. The van der Waals surface area contributed by atoms with Gasteiger partial charge in [-0.05, 0) is 43.4 Å². The van der Waals surface area contributed by atoms with E-state index in [1.54, 1.807) is 0 Å². The first-order chi connectivity index (χ1) is 13.8. The lowest BCUT2D eigenvalue weighted by Crippen LogP contribution is -2.34. The van der Waals surface area contributed by atoms with E-state index in [2.05, 4.69) is 9.84 Å². The number of allylic oxidation sites excluding steroid dienone is 1. The molecule has 0 fully saturated rings. The van der Waals surface area contributed by atoms with Gasteiger partial charge in [-0.3, -0.25) is 4.99 Å². The highest BCUT2D eigenvalue weighted by Crippen LogP contribution is 2.43. The van der Waals surface area contributed by atoms with Gasteiger partial charge in [0.05, 0.1) is 29.4 Å². The van der Waals surface area contributed by atoms with Crippen LogP contribution in [0.15, 0.2) is 34.5 Å². The minimum atomic E-state index is -4.86. The monoisotopic (exact) mass is 424 g/mol. The van der Waals surface area contributed by atoms with Crippen LogP contribution in [0, 0.1) is 17.8 Å². The van der Waals surface area contributed by atoms with Gasteiger partial charge >= 0.3 is 12.1 Å². The van der Waals surface area contributed by atoms with E-state index in [1.807, 2.05) is 20.8 Å². The molecule has 4 nitrogen and oxygen atoms in total. The van der Waals surface area contributed by atoms with E-state index in [1.165, 1.54) is 13.8 Å². The van der Waals surface area contributed by atoms with Gasteiger partial charge in [-0.25, -0.2) is 15.8 Å². The van der Waals surface area contributed by atoms with E-state index < -0.39 is 35.5 Å². The molecule has 1 heterocycles. The minimum absolute atomic E-state index is 0.0762. The zero-order chi connectivity index (χ0) is 22.9. The summed E-state index contributed by atoms with van der Waals surface area (Å²) < 4.78 is 59.9. The first-order valence-corrected chi connectivity index (χ1v) is 9.42. The Balaban J connectivity index is 2.59. The van der Waals surface area contributed by atoms with E-state index in [4.69, 9.17) is 11.3 Å². The van der Waals surface area contributed by atoms with Crippen LogP contribution in [0.4, 0.5) is 17.6 Å². The Bertz CT molecular complexity index is 934. The summed E-state index contributed by atoms with van der Waals surface area (Å²) in [5, 5.41) is 0. The van der Waals surface area contributed by atoms with Crippen molar-refractivity contribution in [2.75, 3.05) is 6.61 Å². The maximum atomic E-state index is 13.7. The summed E-state index contributed by atoms with van der Waals surface area (Å²) in [6.45, 7) is 16.5. The lowest BCUT2D eigenvalue weighted by Gasteiger charge is -2.28. The third-order valence-corrected chi connectivity index (χ3v) is 4.89. The number of hydrogen-bond acceptors (Lipinski definition) is 3. The number of aliphatic imine (C=N–C) groups is 1. The Hall–Kier alpha value is -2.69. The number of carbonyl (C=O) groups is 1. The number of carbonyl (C=O) groups excluding carboxylic acids is 1. The largest absolute Gasteiger partial charge is 0.462 e. The van der Waals surface area contributed by atoms with Gasteiger partial charge < -0.3 is 9.58 Å². The summed E-state index contributed by atoms with van der Waals surface area (Å²) >= 11 is 0. The molecule has 2 atom stereocenters. The normalized spacial score (nSPS) is 19.9. The second-order valence-corrected chi connectivity index (χ2v) is 8.48. The molecule has 1 aliphatic heterocycles. The van der Waals surface area contributed by atoms with Crippen molar-refractivity contribution < 1.29 is 27.1 Å². The van der Waals surface area contributed by atoms with Crippen LogP contribution in [0.1, 0.15) is 58.1 Å². The first kappa shape index (κ1) is 23.6. The SMILES string of the molecule is [C-]#[N+]C1C(C)=NC(C)=C(C(=O)OCCC(C)(C)C)C1c1ccc(F)cc1C(F)(F)F. The van der Waals surface area contributed by atoms with Gasteiger partial charge in [-0.1, -0.05) is 26.8 Å². The number of nitrogens with zero attached hydrogens (tertiary/aromatic N) is 2. The van der Waals surface area contributed by atoms with Crippen molar-refractivity contribution in [1.82, 2.24) is 0 Å². The molecule has 0 saturated carbocycles. The molecule has 0 radical (unpaired) electrons. The van der Waals surface area contributed by atoms with Gasteiger partial charge in [0.1, 0.15) is 5.82 Å². The first-order valence-electron chi connectivity index (χ1n) is 9.42. The Morgan fingerprint density at radius 1 is 1.23 bits per heavy atom. The topological polar surface area (TPSA) is 43.0 Å². The van der Waals surface area contributed by atoms with Crippen molar-refractivity contribution in [2.24, 2.45) is 10.4 Å². The van der Waals surface area contributed by atoms with Crippen LogP contribution in [0.2, 0.25) is 0 Å². The van der Waals surface area contributed by atoms with Crippen molar-refractivity contribution >= 4 is 11.7 Å². The average molecular weight is 424 g/mol. The van der Waals surface area contributed by atoms with E-state index in [-0.39, 0.29) is 34.6 Å². The predicted octanol–water partition coefficient (Wildman–Crippen LogP) is 5.94. The number of benzene rings is 1. The lowest BCUT2D eigenvalue weighted by molar-refractivity contribution is -0.141. The quantitative estimate of drug-likeness (QED) is 0.341. The molecule has 1 aromatic rings. The summed E-state index contributed by atoms with van der Waals surface area (Å²) in [5.74, 6) is -3.13. The molecule has 30 heavy (non-hydrogen) atoms. The molecular formula is C22H24F4N2O2. The fraction of sp³-hybridized carbons (Fsp3) is 0.500. The molecule has 0 amide bonds. The van der Waals surface area contributed by atoms with Crippen LogP contribution in [0.25, 0.3) is 4.85 Å². The number of hydrogen-bond donors (Lipinski definition) is 0. The molecule has 0 aliphatic carbocycles. The Morgan fingerprint density at radius 2 is 1.87 bits per heavy atom. The molecule has 162 valence electrons. The number of alkyl halides is 3. The smallest absolute Gasteiger partial charge is 0.416 e. The van der Waals surface area contributed by atoms with Crippen molar-refractivity contribution in [3.63, 3.8) is 0 Å². The molecular weight excluding hydrogens is 400 g/mol. The lowest BCUT2D eigenvalue weighted by atomic mass is 9.78. The van der Waals surface area contributed by atoms with Crippen LogP contribution in [-0.2, 0) is 15.7 Å². The van der Waals surface area contributed by atoms with E-state index in [0.29, 0.717) is 12.5 Å². The van der Waals surface area contributed by atoms with E-state index in [9.17, 15) is 22.4 Å². The zero-order valence-corrected chi connectivity index (χ0v) is 17.5. The Morgan fingerprint density at radius 3 is 2.40 bits per heavy atom. The molecule has 0 saturated heterocycles. The van der Waals surface area contributed by atoms with Crippen LogP contribution < -0.4 is 0 Å². The van der Waals surface area contributed by atoms with Gasteiger partial charge in [0.2, 0.25) is 0 Å². The van der Waals surface area contributed by atoms with Crippen molar-refractivity contribution in [1.29, 1.82) is 0 Å². The molecule has 0 spiro atoms. The van der Waals surface area contributed by atoms with Crippen molar-refractivity contribution in [3.8, 4) is 0 Å². The second-order valence-electron chi connectivity index (χ2n) is 8.48. The maximum absolute atomic E-state index is 13.7. The number of halogens is 4. The molecule has 8 heteroatoms. The van der Waals surface area contributed by atoms with E-state index >= 15 is 0 Å². The van der Waals surface area contributed by atoms with Crippen LogP contribution >= 0.6 is 0 Å². The Kier molecular flexibility index (Phi) is 6.75. The highest BCUT2D eigenvalue weighted by molar-refractivity contribution is 6.00. The summed E-state index contributed by atoms with van der Waals surface area (Å²) in [7, 11) is 0. The third-order valence-electron chi connectivity index (χ3n) is 4.89. The number of esters is 1. The average Bonchev–Trinajstić information content (AvgIpc) is 2.59. The molecule has 2 unspecified atom stereocenters. The van der Waals surface area contributed by atoms with Gasteiger partial charge in [0.25, 0.3) is 6.04 Å². The second kappa shape index (κ2) is 8.58. The standard InChI is InChI=1S/C22H24F4N2O2/c1-12-17(20(29)30-10-9-21(3,4)5)18(19(27-6)13(2)28-12)15-8-7-14(23)11-16(15)22(24,25)26/h7-8,11,18-19H,9-10H2,1-5H3. The van der Waals surface area contributed by atoms with E-state index in [0.717, 1.165) is 12.1 Å². The Labute approximate surface area is 173 Å². The third kappa shape index (κ3) is 5.26. The molecule has 1 aliphatic rings. The number of rotatable bonds is 4. The molecule has 0 aromatic heterocycles. The van der Waals surface area contributed by atoms with Crippen LogP contribution in [-0.4, -0.2) is 24.3 Å². The molecule has 0 bridgehead atoms. The van der Waals surface area contributed by atoms with Gasteiger partial charge in [-0.2, -0.15) is 13.2 Å². The van der Waals surface area contributed by atoms with Gasteiger partial charge in [0, 0.05) is 5.70 Å². The van der Waals surface area contributed by atoms with Gasteiger partial charge in [-0.15, -0.1) is 0 Å². The summed E-state index contributed by atoms with van der Waals surface area (Å²) in [4.78, 5) is 20.5. The fourth-order valence-corrected chi connectivity index (χ4v) is 3.36. The van der Waals surface area contributed by atoms with Crippen LogP contribution in [0.5, 0.6) is 0 Å². The number of ether oxygens (including phenoxy) is 1. The summed E-state index contributed by atoms with van der Waals surface area (Å²) in [6, 6.07) is 1.13. The van der Waals surface area contributed by atoms with Gasteiger partial charge in [0.15, 0.2) is 0 Å². The van der Waals surface area contributed by atoms with Crippen molar-refractivity contribution in [2.45, 2.75) is 59.2 Å². The maximum Gasteiger partial charge on any atom is 0.416 e. The highest BCUT2D eigenvalue weighted by atomic mass is 19.4. The zero-order valence-electron chi connectivity index (χ0n) is 17.5. The fourth-order valence-electron chi connectivity index (χ4n) is 3.36.